The van der Waals surface area contributed by atoms with Gasteiger partial charge in [-0.3, -0.25) is 4.31 Å². The average molecular weight is 370 g/mol. The van der Waals surface area contributed by atoms with Gasteiger partial charge in [-0.25, -0.2) is 8.42 Å². The van der Waals surface area contributed by atoms with Gasteiger partial charge in [-0.2, -0.15) is 0 Å². The Balaban J connectivity index is 2.57. The van der Waals surface area contributed by atoms with Crippen LogP contribution in [0.3, 0.4) is 0 Å². The molecule has 0 spiro atoms. The molecule has 0 fully saturated rings. The van der Waals surface area contributed by atoms with Crippen molar-refractivity contribution >= 4 is 31.6 Å². The summed E-state index contributed by atoms with van der Waals surface area (Å²) in [4.78, 5) is 0.252. The lowest BCUT2D eigenvalue weighted by Crippen LogP contribution is -2.31. The van der Waals surface area contributed by atoms with Crippen molar-refractivity contribution in [2.75, 3.05) is 10.8 Å². The SMILES string of the molecule is CCN(c1cccc(O)c1)S(=O)(=O)c1cc(Br)ccc1C. The molecule has 0 aliphatic heterocycles. The van der Waals surface area contributed by atoms with Crippen LogP contribution in [0, 0.1) is 6.92 Å². The molecule has 21 heavy (non-hydrogen) atoms. The summed E-state index contributed by atoms with van der Waals surface area (Å²) in [7, 11) is -3.68. The highest BCUT2D eigenvalue weighted by molar-refractivity contribution is 9.10. The summed E-state index contributed by atoms with van der Waals surface area (Å²) in [5.41, 5.74) is 1.12. The molecule has 1 N–H and O–H groups in total. The molecule has 0 unspecified atom stereocenters. The molecule has 0 aliphatic carbocycles. The van der Waals surface area contributed by atoms with E-state index in [9.17, 15) is 13.5 Å². The maximum atomic E-state index is 12.9. The topological polar surface area (TPSA) is 57.6 Å². The van der Waals surface area contributed by atoms with Crippen LogP contribution in [0.25, 0.3) is 0 Å². The van der Waals surface area contributed by atoms with Crippen LogP contribution in [0.15, 0.2) is 51.8 Å². The van der Waals surface area contributed by atoms with Crippen LogP contribution in [-0.4, -0.2) is 20.1 Å². The number of hydrogen-bond donors (Lipinski definition) is 1. The second-order valence-corrected chi connectivity index (χ2v) is 7.35. The maximum Gasteiger partial charge on any atom is 0.264 e. The molecule has 2 rings (SSSR count). The zero-order chi connectivity index (χ0) is 15.6. The number of phenols is 1. The van der Waals surface area contributed by atoms with Crippen LogP contribution in [0.1, 0.15) is 12.5 Å². The Hall–Kier alpha value is -1.53. The Morgan fingerprint density at radius 2 is 1.90 bits per heavy atom. The molecule has 0 amide bonds. The highest BCUT2D eigenvalue weighted by Crippen LogP contribution is 2.29. The van der Waals surface area contributed by atoms with Gasteiger partial charge in [0.05, 0.1) is 10.6 Å². The van der Waals surface area contributed by atoms with Crippen molar-refractivity contribution in [3.8, 4) is 5.75 Å². The quantitative estimate of drug-likeness (QED) is 0.893. The van der Waals surface area contributed by atoms with Gasteiger partial charge in [0.2, 0.25) is 0 Å². The van der Waals surface area contributed by atoms with E-state index in [0.29, 0.717) is 15.7 Å². The molecule has 112 valence electrons. The van der Waals surface area contributed by atoms with E-state index >= 15 is 0 Å². The molecule has 0 saturated carbocycles. The van der Waals surface area contributed by atoms with E-state index in [1.165, 1.54) is 16.4 Å². The van der Waals surface area contributed by atoms with Crippen molar-refractivity contribution in [3.05, 3.63) is 52.5 Å². The monoisotopic (exact) mass is 369 g/mol. The maximum absolute atomic E-state index is 12.9. The molecule has 2 aromatic rings. The van der Waals surface area contributed by atoms with E-state index in [1.807, 2.05) is 0 Å². The molecule has 4 nitrogen and oxygen atoms in total. The summed E-state index contributed by atoms with van der Waals surface area (Å²) in [5, 5.41) is 9.56. The van der Waals surface area contributed by atoms with Crippen molar-refractivity contribution in [2.24, 2.45) is 0 Å². The first kappa shape index (κ1) is 15.9. The zero-order valence-electron chi connectivity index (χ0n) is 11.7. The van der Waals surface area contributed by atoms with Gasteiger partial charge in [0.15, 0.2) is 0 Å². The molecule has 0 aromatic heterocycles. The zero-order valence-corrected chi connectivity index (χ0v) is 14.1. The minimum Gasteiger partial charge on any atom is -0.508 e. The van der Waals surface area contributed by atoms with Gasteiger partial charge >= 0.3 is 0 Å². The Labute approximate surface area is 133 Å². The number of sulfonamides is 1. The number of hydrogen-bond acceptors (Lipinski definition) is 3. The second kappa shape index (κ2) is 6.07. The van der Waals surface area contributed by atoms with Crippen LogP contribution in [0.5, 0.6) is 5.75 Å². The Kier molecular flexibility index (Phi) is 4.58. The van der Waals surface area contributed by atoms with Crippen LogP contribution >= 0.6 is 15.9 Å². The minimum atomic E-state index is -3.68. The molecule has 6 heteroatoms. The van der Waals surface area contributed by atoms with E-state index < -0.39 is 10.0 Å². The summed E-state index contributed by atoms with van der Waals surface area (Å²) in [6.45, 7) is 3.79. The van der Waals surface area contributed by atoms with E-state index in [4.69, 9.17) is 0 Å². The molecule has 2 aromatic carbocycles. The number of anilines is 1. The van der Waals surface area contributed by atoms with Gasteiger partial charge in [-0.05, 0) is 43.7 Å². The van der Waals surface area contributed by atoms with Crippen molar-refractivity contribution in [1.82, 2.24) is 0 Å². The van der Waals surface area contributed by atoms with Crippen LogP contribution < -0.4 is 4.31 Å². The number of aromatic hydroxyl groups is 1. The molecule has 0 atom stereocenters. The average Bonchev–Trinajstić information content (AvgIpc) is 2.42. The van der Waals surface area contributed by atoms with Crippen molar-refractivity contribution in [3.63, 3.8) is 0 Å². The summed E-state index contributed by atoms with van der Waals surface area (Å²) >= 11 is 3.30. The Morgan fingerprint density at radius 1 is 1.19 bits per heavy atom. The molecule has 0 bridgehead atoms. The number of halogens is 1. The smallest absolute Gasteiger partial charge is 0.264 e. The third-order valence-corrected chi connectivity index (χ3v) is 5.66. The fourth-order valence-electron chi connectivity index (χ4n) is 2.11. The number of benzene rings is 2. The van der Waals surface area contributed by atoms with E-state index in [1.54, 1.807) is 44.2 Å². The first-order valence-corrected chi connectivity index (χ1v) is 8.67. The molecular weight excluding hydrogens is 354 g/mol. The van der Waals surface area contributed by atoms with Crippen molar-refractivity contribution in [2.45, 2.75) is 18.7 Å². The Morgan fingerprint density at radius 3 is 2.52 bits per heavy atom. The third kappa shape index (κ3) is 3.22. The number of nitrogens with zero attached hydrogens (tertiary/aromatic N) is 1. The van der Waals surface area contributed by atoms with Crippen LogP contribution in [-0.2, 0) is 10.0 Å². The Bertz CT molecular complexity index is 759. The summed E-state index contributed by atoms with van der Waals surface area (Å²) < 4.78 is 27.7. The van der Waals surface area contributed by atoms with Gasteiger partial charge in [0.25, 0.3) is 10.0 Å². The second-order valence-electron chi connectivity index (χ2n) is 4.60. The lowest BCUT2D eigenvalue weighted by atomic mass is 10.2. The van der Waals surface area contributed by atoms with Crippen molar-refractivity contribution < 1.29 is 13.5 Å². The molecule has 0 heterocycles. The van der Waals surface area contributed by atoms with E-state index in [2.05, 4.69) is 15.9 Å². The number of phenolic OH excluding ortho intramolecular Hbond substituents is 1. The highest BCUT2D eigenvalue weighted by Gasteiger charge is 2.25. The highest BCUT2D eigenvalue weighted by atomic mass is 79.9. The molecule has 0 aliphatic rings. The van der Waals surface area contributed by atoms with Gasteiger partial charge in [-0.1, -0.05) is 28.1 Å². The summed E-state index contributed by atoms with van der Waals surface area (Å²) in [5.74, 6) is 0.0344. The largest absolute Gasteiger partial charge is 0.508 e. The number of rotatable bonds is 4. The lowest BCUT2D eigenvalue weighted by Gasteiger charge is -2.24. The normalized spacial score (nSPS) is 11.4. The predicted molar refractivity (Wildman–Crippen MR) is 87.2 cm³/mol. The first-order valence-electron chi connectivity index (χ1n) is 6.44. The van der Waals surface area contributed by atoms with Gasteiger partial charge in [0, 0.05) is 17.1 Å². The van der Waals surface area contributed by atoms with Gasteiger partial charge in [-0.15, -0.1) is 0 Å². The van der Waals surface area contributed by atoms with E-state index in [0.717, 1.165) is 0 Å². The van der Waals surface area contributed by atoms with Crippen LogP contribution in [0.2, 0.25) is 0 Å². The van der Waals surface area contributed by atoms with Crippen molar-refractivity contribution in [1.29, 1.82) is 0 Å². The fraction of sp³-hybridized carbons (Fsp3) is 0.200. The van der Waals surface area contributed by atoms with Gasteiger partial charge < -0.3 is 5.11 Å². The van der Waals surface area contributed by atoms with Gasteiger partial charge in [0.1, 0.15) is 5.75 Å². The summed E-state index contributed by atoms with van der Waals surface area (Å²) in [6.07, 6.45) is 0. The molecular formula is C15H16BrNO3S. The fourth-order valence-corrected chi connectivity index (χ4v) is 4.34. The minimum absolute atomic E-state index is 0.0344. The van der Waals surface area contributed by atoms with E-state index in [-0.39, 0.29) is 17.2 Å². The first-order chi connectivity index (χ1) is 9.86. The molecule has 0 radical (unpaired) electrons. The standard InChI is InChI=1S/C15H16BrNO3S/c1-3-17(13-5-4-6-14(18)10-13)21(19,20)15-9-12(16)8-7-11(15)2/h4-10,18H,3H2,1-2H3. The lowest BCUT2D eigenvalue weighted by molar-refractivity contribution is 0.475. The third-order valence-electron chi connectivity index (χ3n) is 3.12. The van der Waals surface area contributed by atoms with Crippen LogP contribution in [0.4, 0.5) is 5.69 Å². The molecule has 0 saturated heterocycles. The summed E-state index contributed by atoms with van der Waals surface area (Å²) in [6, 6.07) is 11.4. The predicted octanol–water partition coefficient (Wildman–Crippen LogP) is 3.68. The number of aryl methyl sites for hydroxylation is 1.